The molecule has 1 aliphatic carbocycles. The standard InChI is InChI=1S/C45H30/c1-45(2)40-12-4-3-9-36(40)38-11-6-10-37-35(23-24-41(45)44(37)38)32-18-14-27-13-17-31(25-33(27)26-32)34-21-19-30-16-15-28-7-5-8-29-20-22-39(34)43(30)42(28)29/h3-26H,1-2H3/i3D,4D,5D,6D,7D,8D,9D,10D,11D,12D,13D,14D,15D,16D,17D,18D,19D,20D,21D,22D,23D,24D,25D,26D. The van der Waals surface area contributed by atoms with Gasteiger partial charge in [0.25, 0.3) is 0 Å². The minimum Gasteiger partial charge on any atom is -0.0619 e. The summed E-state index contributed by atoms with van der Waals surface area (Å²) in [5, 5.41) is -3.84. The van der Waals surface area contributed by atoms with E-state index in [4.69, 9.17) is 16.4 Å². The molecule has 0 atom stereocenters. The average molecular weight is 595 g/mol. The summed E-state index contributed by atoms with van der Waals surface area (Å²) in [6.07, 6.45) is 0. The molecule has 0 bridgehead atoms. The summed E-state index contributed by atoms with van der Waals surface area (Å²) in [4.78, 5) is 0. The van der Waals surface area contributed by atoms with E-state index in [0.29, 0.717) is 0 Å². The van der Waals surface area contributed by atoms with Gasteiger partial charge in [-0.3, -0.25) is 0 Å². The Balaban J connectivity index is 1.41. The molecule has 0 radical (unpaired) electrons. The maximum atomic E-state index is 9.78. The highest BCUT2D eigenvalue weighted by atomic mass is 14.4. The first-order valence-corrected chi connectivity index (χ1v) is 14.0. The van der Waals surface area contributed by atoms with Crippen molar-refractivity contribution in [3.63, 3.8) is 0 Å². The smallest absolute Gasteiger partial charge is 0.0619 e. The molecule has 0 unspecified atom stereocenters. The molecule has 0 nitrogen and oxygen atoms in total. The predicted molar refractivity (Wildman–Crippen MR) is 194 cm³/mol. The van der Waals surface area contributed by atoms with Crippen LogP contribution >= 0.6 is 0 Å². The molecule has 0 N–H and O–H groups in total. The van der Waals surface area contributed by atoms with Crippen LogP contribution in [-0.4, -0.2) is 0 Å². The van der Waals surface area contributed by atoms with Crippen LogP contribution in [0.1, 0.15) is 57.9 Å². The van der Waals surface area contributed by atoms with Crippen LogP contribution in [0.2, 0.25) is 0 Å². The quantitative estimate of drug-likeness (QED) is 0.175. The Hall–Kier alpha value is -5.46. The van der Waals surface area contributed by atoms with Crippen molar-refractivity contribution in [3.8, 4) is 33.4 Å². The van der Waals surface area contributed by atoms with Crippen LogP contribution in [0.3, 0.4) is 0 Å². The zero-order chi connectivity index (χ0) is 50.7. The summed E-state index contributed by atoms with van der Waals surface area (Å²) in [5.74, 6) is 0. The molecule has 9 aromatic carbocycles. The third-order valence-corrected chi connectivity index (χ3v) is 8.56. The number of hydrogen-bond acceptors (Lipinski definition) is 0. The van der Waals surface area contributed by atoms with Crippen molar-refractivity contribution in [1.82, 2.24) is 0 Å². The van der Waals surface area contributed by atoms with E-state index in [1.54, 1.807) is 0 Å². The summed E-state index contributed by atoms with van der Waals surface area (Å²) < 4.78 is 218. The molecular weight excluding hydrogens is 540 g/mol. The molecule has 0 amide bonds. The molecule has 0 aliphatic heterocycles. The molecule has 0 saturated carbocycles. The highest BCUT2D eigenvalue weighted by Gasteiger charge is 2.33. The first kappa shape index (κ1) is 11.2. The zero-order valence-electron chi connectivity index (χ0n) is 47.5. The van der Waals surface area contributed by atoms with Crippen LogP contribution < -0.4 is 0 Å². The van der Waals surface area contributed by atoms with Crippen LogP contribution in [0, 0.1) is 0 Å². The van der Waals surface area contributed by atoms with Crippen molar-refractivity contribution in [2.75, 3.05) is 0 Å². The second-order valence-electron chi connectivity index (χ2n) is 11.4. The lowest BCUT2D eigenvalue weighted by Gasteiger charge is -2.35. The molecule has 210 valence electrons. The Labute approximate surface area is 296 Å². The van der Waals surface area contributed by atoms with Crippen LogP contribution in [-0.2, 0) is 5.41 Å². The van der Waals surface area contributed by atoms with Crippen LogP contribution in [0.25, 0.3) is 87.2 Å². The largest absolute Gasteiger partial charge is 0.0636 e. The van der Waals surface area contributed by atoms with Crippen LogP contribution in [0.15, 0.2) is 145 Å². The maximum Gasteiger partial charge on any atom is 0.0636 e. The number of fused-ring (bicyclic) bond motifs is 3. The van der Waals surface area contributed by atoms with Gasteiger partial charge in [-0.25, -0.2) is 0 Å². The Morgan fingerprint density at radius 2 is 0.956 bits per heavy atom. The average Bonchev–Trinajstić information content (AvgIpc) is 3.29. The fraction of sp³-hybridized carbons (Fsp3) is 0.0667. The van der Waals surface area contributed by atoms with Gasteiger partial charge in [-0.1, -0.05) is 147 Å². The first-order chi connectivity index (χ1) is 32.1. The summed E-state index contributed by atoms with van der Waals surface area (Å²) in [7, 11) is 0. The molecule has 9 aromatic rings. The van der Waals surface area contributed by atoms with E-state index in [-0.39, 0.29) is 54.6 Å². The maximum absolute atomic E-state index is 9.78. The van der Waals surface area contributed by atoms with Gasteiger partial charge in [-0.05, 0) is 110 Å². The van der Waals surface area contributed by atoms with Gasteiger partial charge in [0.15, 0.2) is 0 Å². The van der Waals surface area contributed by atoms with Crippen molar-refractivity contribution >= 4 is 53.9 Å². The molecule has 0 saturated heterocycles. The second kappa shape index (κ2) is 8.80. The fourth-order valence-electron chi connectivity index (χ4n) is 6.41. The molecule has 0 aromatic heterocycles. The van der Waals surface area contributed by atoms with Gasteiger partial charge in [0.05, 0.1) is 32.9 Å². The Bertz CT molecular complexity index is 4000. The first-order valence-electron chi connectivity index (χ1n) is 26.0. The lowest BCUT2D eigenvalue weighted by atomic mass is 9.68. The number of benzene rings is 9. The van der Waals surface area contributed by atoms with Crippen molar-refractivity contribution in [3.05, 3.63) is 156 Å². The highest BCUT2D eigenvalue weighted by Crippen LogP contribution is 2.50. The fourth-order valence-corrected chi connectivity index (χ4v) is 6.41. The third-order valence-electron chi connectivity index (χ3n) is 8.56. The highest BCUT2D eigenvalue weighted by molar-refractivity contribution is 6.25. The summed E-state index contributed by atoms with van der Waals surface area (Å²) in [6.45, 7) is 3.06. The van der Waals surface area contributed by atoms with Crippen molar-refractivity contribution < 1.29 is 32.9 Å². The van der Waals surface area contributed by atoms with Gasteiger partial charge in [0.2, 0.25) is 0 Å². The minimum atomic E-state index is -1.53. The molecule has 0 spiro atoms. The van der Waals surface area contributed by atoms with Gasteiger partial charge < -0.3 is 0 Å². The van der Waals surface area contributed by atoms with Crippen LogP contribution in [0.4, 0.5) is 0 Å². The van der Waals surface area contributed by atoms with Gasteiger partial charge in [-0.2, -0.15) is 0 Å². The van der Waals surface area contributed by atoms with E-state index >= 15 is 0 Å². The SMILES string of the molecule is [2H]c1c([2H])c([2H])c2c(c1[2H])-c1c([2H])c([2H])c([2H])c3c(-c4c([2H])c([2H])c5c([2H])c([2H])c(-c6c([2H])c([2H])c7c([2H])c([2H])c8c([2H])c([2H])c([2H])c9c([2H])c([2H])c6c7c89)c([2H])c5c4[2H])c([2H])c([2H])c(c13)C2(C)C. The summed E-state index contributed by atoms with van der Waals surface area (Å²) in [6, 6.07) is -17.7. The van der Waals surface area contributed by atoms with Crippen molar-refractivity contribution in [2.45, 2.75) is 19.3 Å². The van der Waals surface area contributed by atoms with Gasteiger partial charge in [0.1, 0.15) is 0 Å². The Morgan fingerprint density at radius 1 is 0.378 bits per heavy atom. The zero-order valence-corrected chi connectivity index (χ0v) is 23.5. The second-order valence-corrected chi connectivity index (χ2v) is 11.4. The molecule has 1 aliphatic rings. The topological polar surface area (TPSA) is 0 Å². The third kappa shape index (κ3) is 3.37. The minimum absolute atomic E-state index is 0.0408. The molecule has 10 rings (SSSR count). The monoisotopic (exact) mass is 594 g/mol. The molecule has 0 heteroatoms. The van der Waals surface area contributed by atoms with Crippen molar-refractivity contribution in [2.24, 2.45) is 0 Å². The van der Waals surface area contributed by atoms with Crippen molar-refractivity contribution in [1.29, 1.82) is 0 Å². The number of rotatable bonds is 2. The van der Waals surface area contributed by atoms with Gasteiger partial charge in [0, 0.05) is 5.41 Å². The molecule has 0 heterocycles. The molecule has 45 heavy (non-hydrogen) atoms. The van der Waals surface area contributed by atoms with E-state index < -0.39 is 194 Å². The van der Waals surface area contributed by atoms with Crippen LogP contribution in [0.5, 0.6) is 0 Å². The van der Waals surface area contributed by atoms with E-state index in [0.717, 1.165) is 0 Å². The molecular formula is C45H30. The lowest BCUT2D eigenvalue weighted by Crippen LogP contribution is -2.23. The van der Waals surface area contributed by atoms with Gasteiger partial charge in [-0.15, -0.1) is 0 Å². The van der Waals surface area contributed by atoms with E-state index in [1.165, 1.54) is 13.8 Å². The van der Waals surface area contributed by atoms with E-state index in [1.807, 2.05) is 0 Å². The normalized spacial score (nSPS) is 21.2. The summed E-state index contributed by atoms with van der Waals surface area (Å²) >= 11 is 0. The Morgan fingerprint density at radius 3 is 1.73 bits per heavy atom. The predicted octanol–water partition coefficient (Wildman–Crippen LogP) is 12.5. The summed E-state index contributed by atoms with van der Waals surface area (Å²) in [5.41, 5.74) is -4.62. The van der Waals surface area contributed by atoms with Gasteiger partial charge >= 0.3 is 0 Å². The van der Waals surface area contributed by atoms with E-state index in [9.17, 15) is 16.4 Å². The van der Waals surface area contributed by atoms with E-state index in [2.05, 4.69) is 0 Å². The lowest BCUT2D eigenvalue weighted by molar-refractivity contribution is 0.645. The molecule has 0 fully saturated rings. The number of hydrogen-bond donors (Lipinski definition) is 0. The Kier molecular flexibility index (Phi) is 2.18.